The highest BCUT2D eigenvalue weighted by Gasteiger charge is 2.30. The third-order valence-electron chi connectivity index (χ3n) is 3.04. The molecule has 106 valence electrons. The second kappa shape index (κ2) is 6.01. The molecule has 5 heteroatoms. The van der Waals surface area contributed by atoms with Gasteiger partial charge < -0.3 is 5.11 Å². The third-order valence-corrected chi connectivity index (χ3v) is 3.54. The van der Waals surface area contributed by atoms with Gasteiger partial charge in [0.15, 0.2) is 0 Å². The van der Waals surface area contributed by atoms with Crippen molar-refractivity contribution in [2.24, 2.45) is 0 Å². The molecule has 0 saturated heterocycles. The molecule has 1 atom stereocenters. The Bertz CT molecular complexity index is 471. The van der Waals surface area contributed by atoms with Gasteiger partial charge in [-0.3, -0.25) is 9.69 Å². The summed E-state index contributed by atoms with van der Waals surface area (Å²) in [6.07, 6.45) is 0. The van der Waals surface area contributed by atoms with Crippen LogP contribution in [0, 0.1) is 5.82 Å². The average Bonchev–Trinajstić information content (AvgIpc) is 2.26. The van der Waals surface area contributed by atoms with E-state index in [1.807, 2.05) is 27.7 Å². The number of carboxylic acid groups (broad SMARTS) is 1. The van der Waals surface area contributed by atoms with Gasteiger partial charge in [-0.2, -0.15) is 0 Å². The summed E-state index contributed by atoms with van der Waals surface area (Å²) in [7, 11) is 0. The maximum absolute atomic E-state index is 13.9. The number of aliphatic carboxylic acids is 1. The molecule has 3 nitrogen and oxygen atoms in total. The second-order valence-electron chi connectivity index (χ2n) is 5.53. The molecule has 1 aromatic rings. The van der Waals surface area contributed by atoms with E-state index in [-0.39, 0.29) is 23.9 Å². The van der Waals surface area contributed by atoms with Crippen LogP contribution in [0.1, 0.15) is 39.3 Å². The van der Waals surface area contributed by atoms with Gasteiger partial charge in [0, 0.05) is 21.6 Å². The Hall–Kier alpha value is -0.940. The van der Waals surface area contributed by atoms with E-state index in [4.69, 9.17) is 5.11 Å². The lowest BCUT2D eigenvalue weighted by molar-refractivity contribution is -0.140. The number of hydrogen-bond acceptors (Lipinski definition) is 2. The van der Waals surface area contributed by atoms with Gasteiger partial charge in [-0.15, -0.1) is 0 Å². The number of halogens is 2. The van der Waals surface area contributed by atoms with Crippen molar-refractivity contribution in [2.45, 2.75) is 39.3 Å². The van der Waals surface area contributed by atoms with E-state index in [1.54, 1.807) is 17.0 Å². The van der Waals surface area contributed by atoms with Crippen LogP contribution in [0.4, 0.5) is 4.39 Å². The Kier molecular flexibility index (Phi) is 5.10. The Labute approximate surface area is 121 Å². The first-order valence-corrected chi connectivity index (χ1v) is 6.85. The maximum atomic E-state index is 13.9. The van der Waals surface area contributed by atoms with E-state index >= 15 is 0 Å². The quantitative estimate of drug-likeness (QED) is 0.911. The number of hydrogen-bond donors (Lipinski definition) is 1. The van der Waals surface area contributed by atoms with Gasteiger partial charge >= 0.3 is 5.97 Å². The topological polar surface area (TPSA) is 40.5 Å². The summed E-state index contributed by atoms with van der Waals surface area (Å²) in [5.41, 5.74) is 0.123. The van der Waals surface area contributed by atoms with Crippen molar-refractivity contribution in [1.29, 1.82) is 0 Å². The van der Waals surface area contributed by atoms with E-state index < -0.39 is 5.97 Å². The first-order chi connectivity index (χ1) is 8.62. The highest BCUT2D eigenvalue weighted by molar-refractivity contribution is 9.10. The van der Waals surface area contributed by atoms with Crippen LogP contribution in [-0.2, 0) is 4.79 Å². The first kappa shape index (κ1) is 16.1. The minimum Gasteiger partial charge on any atom is -0.480 e. The van der Waals surface area contributed by atoms with Gasteiger partial charge in [-0.05, 0) is 45.9 Å². The van der Waals surface area contributed by atoms with Crippen LogP contribution >= 0.6 is 15.9 Å². The smallest absolute Gasteiger partial charge is 0.317 e. The zero-order chi connectivity index (χ0) is 14.8. The lowest BCUT2D eigenvalue weighted by Gasteiger charge is -2.39. The van der Waals surface area contributed by atoms with Crippen LogP contribution in [0.5, 0.6) is 0 Å². The molecule has 0 aliphatic heterocycles. The molecule has 0 radical (unpaired) electrons. The van der Waals surface area contributed by atoms with E-state index in [0.29, 0.717) is 5.56 Å². The minimum absolute atomic E-state index is 0.128. The van der Waals surface area contributed by atoms with Crippen LogP contribution in [0.2, 0.25) is 0 Å². The molecule has 0 bridgehead atoms. The third kappa shape index (κ3) is 4.28. The molecule has 0 spiro atoms. The average molecular weight is 332 g/mol. The summed E-state index contributed by atoms with van der Waals surface area (Å²) >= 11 is 3.31. The summed E-state index contributed by atoms with van der Waals surface area (Å²) < 4.78 is 14.7. The van der Waals surface area contributed by atoms with E-state index in [2.05, 4.69) is 15.9 Å². The summed E-state index contributed by atoms with van der Waals surface area (Å²) in [4.78, 5) is 12.8. The predicted octanol–water partition coefficient (Wildman–Crippen LogP) is 3.83. The highest BCUT2D eigenvalue weighted by atomic mass is 79.9. The minimum atomic E-state index is -0.919. The van der Waals surface area contributed by atoms with Crippen molar-refractivity contribution in [3.05, 3.63) is 34.1 Å². The number of carboxylic acids is 1. The van der Waals surface area contributed by atoms with Gasteiger partial charge in [0.05, 0.1) is 6.54 Å². The molecule has 1 unspecified atom stereocenters. The van der Waals surface area contributed by atoms with Crippen molar-refractivity contribution in [1.82, 2.24) is 4.90 Å². The van der Waals surface area contributed by atoms with Gasteiger partial charge in [-0.25, -0.2) is 4.39 Å². The SMILES string of the molecule is CC(c1cc(Br)ccc1F)N(CC(=O)O)C(C)(C)C. The van der Waals surface area contributed by atoms with E-state index in [1.165, 1.54) is 6.07 Å². The van der Waals surface area contributed by atoms with Crippen molar-refractivity contribution < 1.29 is 14.3 Å². The Morgan fingerprint density at radius 3 is 2.53 bits per heavy atom. The number of nitrogens with zero attached hydrogens (tertiary/aromatic N) is 1. The van der Waals surface area contributed by atoms with Gasteiger partial charge in [0.25, 0.3) is 0 Å². The molecule has 0 saturated carbocycles. The van der Waals surface area contributed by atoms with Crippen LogP contribution in [0.15, 0.2) is 22.7 Å². The highest BCUT2D eigenvalue weighted by Crippen LogP contribution is 2.30. The van der Waals surface area contributed by atoms with Crippen LogP contribution in [0.3, 0.4) is 0 Å². The van der Waals surface area contributed by atoms with E-state index in [0.717, 1.165) is 4.47 Å². The number of benzene rings is 1. The molecule has 0 heterocycles. The van der Waals surface area contributed by atoms with Crippen molar-refractivity contribution in [3.8, 4) is 0 Å². The number of carbonyl (C=O) groups is 1. The Morgan fingerprint density at radius 1 is 1.47 bits per heavy atom. The summed E-state index contributed by atoms with van der Waals surface area (Å²) in [5, 5.41) is 9.02. The maximum Gasteiger partial charge on any atom is 0.317 e. The van der Waals surface area contributed by atoms with Crippen molar-refractivity contribution in [2.75, 3.05) is 6.54 Å². The molecular weight excluding hydrogens is 313 g/mol. The number of rotatable bonds is 4. The first-order valence-electron chi connectivity index (χ1n) is 6.06. The second-order valence-corrected chi connectivity index (χ2v) is 6.45. The van der Waals surface area contributed by atoms with Crippen molar-refractivity contribution in [3.63, 3.8) is 0 Å². The Balaban J connectivity index is 3.15. The monoisotopic (exact) mass is 331 g/mol. The van der Waals surface area contributed by atoms with E-state index in [9.17, 15) is 9.18 Å². The standard InChI is InChI=1S/C14H19BrFNO2/c1-9(11-7-10(15)5-6-12(11)16)17(8-13(18)19)14(2,3)4/h5-7,9H,8H2,1-4H3,(H,18,19). The fourth-order valence-corrected chi connectivity index (χ4v) is 2.48. The lowest BCUT2D eigenvalue weighted by Crippen LogP contribution is -2.46. The summed E-state index contributed by atoms with van der Waals surface area (Å²) in [5.74, 6) is -1.24. The molecule has 1 N–H and O–H groups in total. The summed E-state index contributed by atoms with van der Waals surface area (Å²) in [6.45, 7) is 7.45. The molecule has 0 amide bonds. The zero-order valence-corrected chi connectivity index (χ0v) is 13.2. The normalized spacial score (nSPS) is 13.6. The largest absolute Gasteiger partial charge is 0.480 e. The molecule has 0 aromatic heterocycles. The Morgan fingerprint density at radius 2 is 2.05 bits per heavy atom. The molecule has 1 aromatic carbocycles. The fraction of sp³-hybridized carbons (Fsp3) is 0.500. The summed E-state index contributed by atoms with van der Waals surface area (Å²) in [6, 6.07) is 4.39. The molecular formula is C14H19BrFNO2. The van der Waals surface area contributed by atoms with Gasteiger partial charge in [0.1, 0.15) is 5.82 Å². The molecule has 19 heavy (non-hydrogen) atoms. The van der Waals surface area contributed by atoms with Crippen LogP contribution in [-0.4, -0.2) is 28.1 Å². The lowest BCUT2D eigenvalue weighted by atomic mass is 9.98. The van der Waals surface area contributed by atoms with Gasteiger partial charge in [-0.1, -0.05) is 15.9 Å². The van der Waals surface area contributed by atoms with Gasteiger partial charge in [0.2, 0.25) is 0 Å². The fourth-order valence-electron chi connectivity index (χ4n) is 2.10. The zero-order valence-electron chi connectivity index (χ0n) is 11.6. The predicted molar refractivity (Wildman–Crippen MR) is 76.6 cm³/mol. The van der Waals surface area contributed by atoms with Crippen molar-refractivity contribution >= 4 is 21.9 Å². The molecule has 0 aliphatic carbocycles. The van der Waals surface area contributed by atoms with Crippen LogP contribution < -0.4 is 0 Å². The van der Waals surface area contributed by atoms with Crippen LogP contribution in [0.25, 0.3) is 0 Å². The molecule has 0 fully saturated rings. The molecule has 0 aliphatic rings. The molecule has 1 rings (SSSR count).